The van der Waals surface area contributed by atoms with Crippen LogP contribution in [0.25, 0.3) is 0 Å². The average Bonchev–Trinajstić information content (AvgIpc) is 3.08. The fraction of sp³-hybridized carbons (Fsp3) is 0.438. The van der Waals surface area contributed by atoms with Gasteiger partial charge in [0.2, 0.25) is 0 Å². The predicted molar refractivity (Wildman–Crippen MR) is 79.7 cm³/mol. The van der Waals surface area contributed by atoms with Crippen LogP contribution in [0.3, 0.4) is 0 Å². The third kappa shape index (κ3) is 2.85. The van der Waals surface area contributed by atoms with Crippen LogP contribution in [0.15, 0.2) is 34.9 Å². The first-order valence-electron chi connectivity index (χ1n) is 7.35. The number of benzene rings is 1. The fourth-order valence-electron chi connectivity index (χ4n) is 2.67. The largest absolute Gasteiger partial charge is 0.363 e. The molecular weight excluding hydrogens is 250 g/mol. The minimum Gasteiger partial charge on any atom is -0.363 e. The van der Waals surface area contributed by atoms with Crippen molar-refractivity contribution in [3.05, 3.63) is 47.3 Å². The second-order valence-corrected chi connectivity index (χ2v) is 5.26. The number of nitrogens with one attached hydrogen (secondary N) is 1. The molecule has 0 atom stereocenters. The van der Waals surface area contributed by atoms with E-state index in [2.05, 4.69) is 52.6 Å². The van der Waals surface area contributed by atoms with Crippen molar-refractivity contribution in [3.63, 3.8) is 0 Å². The second kappa shape index (κ2) is 6.09. The topological polar surface area (TPSA) is 41.3 Å². The first kappa shape index (κ1) is 13.2. The van der Waals surface area contributed by atoms with Crippen molar-refractivity contribution in [2.75, 3.05) is 18.0 Å². The van der Waals surface area contributed by atoms with Gasteiger partial charge in [0.1, 0.15) is 0 Å². The molecular formula is C16H21N3O. The number of rotatable bonds is 6. The van der Waals surface area contributed by atoms with Crippen LogP contribution in [0.2, 0.25) is 0 Å². The van der Waals surface area contributed by atoms with Gasteiger partial charge in [0.15, 0.2) is 5.76 Å². The van der Waals surface area contributed by atoms with E-state index in [9.17, 15) is 0 Å². The van der Waals surface area contributed by atoms with Gasteiger partial charge < -0.3 is 14.7 Å². The Kier molecular flexibility index (Phi) is 4.02. The zero-order valence-corrected chi connectivity index (χ0v) is 11.9. The van der Waals surface area contributed by atoms with E-state index < -0.39 is 0 Å². The Labute approximate surface area is 119 Å². The summed E-state index contributed by atoms with van der Waals surface area (Å²) in [4.78, 5) is 2.36. The van der Waals surface area contributed by atoms with Crippen LogP contribution in [0, 0.1) is 0 Å². The molecule has 0 radical (unpaired) electrons. The zero-order chi connectivity index (χ0) is 13.8. The van der Waals surface area contributed by atoms with Crippen molar-refractivity contribution >= 4 is 5.69 Å². The van der Waals surface area contributed by atoms with Gasteiger partial charge in [-0.25, -0.2) is 0 Å². The molecule has 0 saturated carbocycles. The number of aromatic nitrogens is 1. The van der Waals surface area contributed by atoms with Crippen LogP contribution in [0.4, 0.5) is 5.69 Å². The first-order chi connectivity index (χ1) is 9.86. The highest BCUT2D eigenvalue weighted by Crippen LogP contribution is 2.28. The Morgan fingerprint density at radius 2 is 2.25 bits per heavy atom. The quantitative estimate of drug-likeness (QED) is 0.820. The van der Waals surface area contributed by atoms with Gasteiger partial charge in [-0.05, 0) is 31.0 Å². The normalized spacial score (nSPS) is 13.8. The van der Waals surface area contributed by atoms with E-state index in [1.54, 1.807) is 0 Å². The average molecular weight is 271 g/mol. The highest BCUT2D eigenvalue weighted by Gasteiger charge is 2.19. The second-order valence-electron chi connectivity index (χ2n) is 5.26. The summed E-state index contributed by atoms with van der Waals surface area (Å²) in [7, 11) is 0. The summed E-state index contributed by atoms with van der Waals surface area (Å²) in [6, 6.07) is 10.6. The third-order valence-corrected chi connectivity index (χ3v) is 3.67. The minimum atomic E-state index is 0.786. The molecule has 2 aromatic rings. The maximum Gasteiger partial charge on any atom is 0.156 e. The lowest BCUT2D eigenvalue weighted by molar-refractivity contribution is 0.374. The smallest absolute Gasteiger partial charge is 0.156 e. The predicted octanol–water partition coefficient (Wildman–Crippen LogP) is 2.74. The molecule has 0 fully saturated rings. The van der Waals surface area contributed by atoms with E-state index in [4.69, 9.17) is 4.52 Å². The molecule has 20 heavy (non-hydrogen) atoms. The Morgan fingerprint density at radius 1 is 1.35 bits per heavy atom. The summed E-state index contributed by atoms with van der Waals surface area (Å²) in [6.45, 7) is 5.82. The van der Waals surface area contributed by atoms with Gasteiger partial charge in [-0.1, -0.05) is 30.3 Å². The van der Waals surface area contributed by atoms with E-state index in [-0.39, 0.29) is 0 Å². The highest BCUT2D eigenvalue weighted by atomic mass is 16.5. The summed E-state index contributed by atoms with van der Waals surface area (Å²) in [5, 5.41) is 7.46. The molecule has 1 aliphatic rings. The summed E-state index contributed by atoms with van der Waals surface area (Å²) in [5.74, 6) is 0.940. The first-order valence-corrected chi connectivity index (χ1v) is 7.35. The van der Waals surface area contributed by atoms with Gasteiger partial charge >= 0.3 is 0 Å². The lowest BCUT2D eigenvalue weighted by Crippen LogP contribution is -2.19. The summed E-state index contributed by atoms with van der Waals surface area (Å²) in [5.41, 5.74) is 3.74. The number of anilines is 1. The molecule has 1 aliphatic heterocycles. The van der Waals surface area contributed by atoms with Crippen LogP contribution < -0.4 is 10.2 Å². The van der Waals surface area contributed by atoms with Gasteiger partial charge in [0.25, 0.3) is 0 Å². The van der Waals surface area contributed by atoms with Gasteiger partial charge in [-0.3, -0.25) is 0 Å². The molecule has 0 amide bonds. The Morgan fingerprint density at radius 3 is 3.15 bits per heavy atom. The van der Waals surface area contributed by atoms with E-state index in [1.807, 2.05) is 0 Å². The maximum absolute atomic E-state index is 5.44. The Bertz CT molecular complexity index is 564. The molecule has 4 nitrogen and oxygen atoms in total. The zero-order valence-electron chi connectivity index (χ0n) is 11.9. The summed E-state index contributed by atoms with van der Waals surface area (Å²) in [6.07, 6.45) is 2.25. The molecule has 0 bridgehead atoms. The number of nitrogens with zero attached hydrogens (tertiary/aromatic N) is 2. The molecule has 0 unspecified atom stereocenters. The fourth-order valence-corrected chi connectivity index (χ4v) is 2.67. The standard InChI is InChI=1S/C16H21N3O/c1-2-8-17-11-14-10-15(20-18-14)12-19-9-7-13-5-3-4-6-16(13)19/h3-6,10,17H,2,7-9,11-12H2,1H3. The van der Waals surface area contributed by atoms with Crippen LogP contribution in [0.5, 0.6) is 0 Å². The van der Waals surface area contributed by atoms with Crippen molar-refractivity contribution < 1.29 is 4.52 Å². The molecule has 1 aromatic carbocycles. The van der Waals surface area contributed by atoms with Crippen molar-refractivity contribution in [2.45, 2.75) is 32.9 Å². The molecule has 3 rings (SSSR count). The molecule has 0 saturated heterocycles. The van der Waals surface area contributed by atoms with Crippen molar-refractivity contribution in [1.82, 2.24) is 10.5 Å². The van der Waals surface area contributed by atoms with E-state index in [1.165, 1.54) is 11.3 Å². The van der Waals surface area contributed by atoms with E-state index in [0.717, 1.165) is 50.5 Å². The van der Waals surface area contributed by atoms with E-state index in [0.29, 0.717) is 0 Å². The molecule has 4 heteroatoms. The molecule has 0 aliphatic carbocycles. The molecule has 1 aromatic heterocycles. The van der Waals surface area contributed by atoms with Crippen molar-refractivity contribution in [1.29, 1.82) is 0 Å². The molecule has 2 heterocycles. The van der Waals surface area contributed by atoms with Crippen LogP contribution >= 0.6 is 0 Å². The molecule has 106 valence electrons. The number of fused-ring (bicyclic) bond motifs is 1. The van der Waals surface area contributed by atoms with Crippen LogP contribution in [0.1, 0.15) is 30.4 Å². The van der Waals surface area contributed by atoms with Gasteiger partial charge in [0, 0.05) is 24.8 Å². The van der Waals surface area contributed by atoms with Crippen molar-refractivity contribution in [3.8, 4) is 0 Å². The van der Waals surface area contributed by atoms with Gasteiger partial charge in [-0.15, -0.1) is 0 Å². The SMILES string of the molecule is CCCNCc1cc(CN2CCc3ccccc32)on1. The summed E-state index contributed by atoms with van der Waals surface area (Å²) < 4.78 is 5.44. The van der Waals surface area contributed by atoms with Gasteiger partial charge in [0.05, 0.1) is 12.2 Å². The van der Waals surface area contributed by atoms with E-state index >= 15 is 0 Å². The number of hydrogen-bond donors (Lipinski definition) is 1. The minimum absolute atomic E-state index is 0.786. The Hall–Kier alpha value is -1.81. The Balaban J connectivity index is 1.62. The van der Waals surface area contributed by atoms with Crippen molar-refractivity contribution in [2.24, 2.45) is 0 Å². The molecule has 1 N–H and O–H groups in total. The summed E-state index contributed by atoms with van der Waals surface area (Å²) >= 11 is 0. The lowest BCUT2D eigenvalue weighted by atomic mass is 10.2. The van der Waals surface area contributed by atoms with Crippen LogP contribution in [-0.4, -0.2) is 18.2 Å². The third-order valence-electron chi connectivity index (χ3n) is 3.67. The monoisotopic (exact) mass is 271 g/mol. The highest BCUT2D eigenvalue weighted by molar-refractivity contribution is 5.57. The number of para-hydroxylation sites is 1. The van der Waals surface area contributed by atoms with Gasteiger partial charge in [-0.2, -0.15) is 0 Å². The lowest BCUT2D eigenvalue weighted by Gasteiger charge is -2.17. The molecule has 0 spiro atoms. The van der Waals surface area contributed by atoms with Crippen LogP contribution in [-0.2, 0) is 19.5 Å². The maximum atomic E-state index is 5.44. The number of hydrogen-bond acceptors (Lipinski definition) is 4.